The predicted molar refractivity (Wildman–Crippen MR) is 67.7 cm³/mol. The number of benzene rings is 1. The topological polar surface area (TPSA) is 12.0 Å². The molecule has 0 saturated carbocycles. The zero-order chi connectivity index (χ0) is 13.3. The Morgan fingerprint density at radius 2 is 1.78 bits per heavy atom. The lowest BCUT2D eigenvalue weighted by Gasteiger charge is -2.14. The van der Waals surface area contributed by atoms with Gasteiger partial charge in [0.2, 0.25) is 0 Å². The summed E-state index contributed by atoms with van der Waals surface area (Å²) in [6, 6.07) is 2.80. The van der Waals surface area contributed by atoms with Gasteiger partial charge in [-0.3, -0.25) is 0 Å². The summed E-state index contributed by atoms with van der Waals surface area (Å²) >= 11 is 7.14. The van der Waals surface area contributed by atoms with Gasteiger partial charge >= 0.3 is 0 Å². The lowest BCUT2D eigenvalue weighted by atomic mass is 10.1. The van der Waals surface area contributed by atoms with Crippen LogP contribution >= 0.6 is 22.9 Å². The van der Waals surface area contributed by atoms with Gasteiger partial charge in [-0.2, -0.15) is 0 Å². The molecule has 0 aliphatic heterocycles. The van der Waals surface area contributed by atoms with E-state index in [9.17, 15) is 13.2 Å². The third-order valence-corrected chi connectivity index (χ3v) is 3.58. The Morgan fingerprint density at radius 3 is 2.39 bits per heavy atom. The quantitative estimate of drug-likeness (QED) is 0.785. The molecular weight excluding hydrogens is 283 g/mol. The van der Waals surface area contributed by atoms with E-state index < -0.39 is 17.5 Å². The first kappa shape index (κ1) is 13.2. The Morgan fingerprint density at radius 1 is 1.11 bits per heavy atom. The molecule has 2 rings (SSSR count). The van der Waals surface area contributed by atoms with Crippen LogP contribution < -0.4 is 5.32 Å². The van der Waals surface area contributed by atoms with Crippen molar-refractivity contribution in [3.8, 4) is 0 Å². The van der Waals surface area contributed by atoms with Gasteiger partial charge in [0, 0.05) is 18.2 Å². The van der Waals surface area contributed by atoms with Crippen LogP contribution in [0.15, 0.2) is 23.6 Å². The van der Waals surface area contributed by atoms with Crippen LogP contribution in [0, 0.1) is 17.5 Å². The van der Waals surface area contributed by atoms with Crippen molar-refractivity contribution in [2.24, 2.45) is 0 Å². The summed E-state index contributed by atoms with van der Waals surface area (Å²) in [6.45, 7) is 1.78. The number of hydrogen-bond acceptors (Lipinski definition) is 2. The Labute approximate surface area is 111 Å². The van der Waals surface area contributed by atoms with E-state index in [1.54, 1.807) is 13.0 Å². The van der Waals surface area contributed by atoms with E-state index >= 15 is 0 Å². The summed E-state index contributed by atoms with van der Waals surface area (Å²) in [4.78, 5) is 0. The van der Waals surface area contributed by atoms with E-state index in [1.165, 1.54) is 11.3 Å². The van der Waals surface area contributed by atoms with Crippen LogP contribution in [0.3, 0.4) is 0 Å². The van der Waals surface area contributed by atoms with Crippen molar-refractivity contribution >= 4 is 28.6 Å². The molecule has 0 aliphatic carbocycles. The normalized spacial score (nSPS) is 12.5. The van der Waals surface area contributed by atoms with Gasteiger partial charge in [-0.15, -0.1) is 11.3 Å². The maximum Gasteiger partial charge on any atom is 0.161 e. The van der Waals surface area contributed by atoms with Crippen LogP contribution in [-0.2, 0) is 0 Å². The number of halogens is 4. The summed E-state index contributed by atoms with van der Waals surface area (Å²) in [6.07, 6.45) is 0. The number of rotatable bonds is 3. The molecule has 1 atom stereocenters. The Hall–Kier alpha value is -1.20. The molecule has 0 radical (unpaired) electrons. The third-order valence-electron chi connectivity index (χ3n) is 2.47. The minimum Gasteiger partial charge on any atom is -0.376 e. The first-order chi connectivity index (χ1) is 8.47. The standard InChI is InChI=1S/C12H9ClF3NS/c1-6(7-2-12(13)18-5-7)17-11-4-9(15)8(14)3-10(11)16/h2-6,17H,1H3. The molecule has 96 valence electrons. The van der Waals surface area contributed by atoms with Crippen molar-refractivity contribution in [2.45, 2.75) is 13.0 Å². The highest BCUT2D eigenvalue weighted by Gasteiger charge is 2.13. The lowest BCUT2D eigenvalue weighted by molar-refractivity contribution is 0.495. The fourth-order valence-electron chi connectivity index (χ4n) is 1.50. The number of thiophene rings is 1. The number of anilines is 1. The first-order valence-corrected chi connectivity index (χ1v) is 6.38. The van der Waals surface area contributed by atoms with Crippen LogP contribution in [0.4, 0.5) is 18.9 Å². The summed E-state index contributed by atoms with van der Waals surface area (Å²) in [7, 11) is 0. The molecule has 1 nitrogen and oxygen atoms in total. The Balaban J connectivity index is 2.21. The van der Waals surface area contributed by atoms with Crippen LogP contribution in [-0.4, -0.2) is 0 Å². The van der Waals surface area contributed by atoms with Gasteiger partial charge < -0.3 is 5.32 Å². The fraction of sp³-hybridized carbons (Fsp3) is 0.167. The minimum absolute atomic E-state index is 0.0799. The van der Waals surface area contributed by atoms with Gasteiger partial charge in [-0.1, -0.05) is 11.6 Å². The SMILES string of the molecule is CC(Nc1cc(F)c(F)cc1F)c1csc(Cl)c1. The van der Waals surface area contributed by atoms with Gasteiger partial charge in [-0.05, 0) is 23.9 Å². The molecule has 0 bridgehead atoms. The number of hydrogen-bond donors (Lipinski definition) is 1. The minimum atomic E-state index is -1.20. The smallest absolute Gasteiger partial charge is 0.161 e. The highest BCUT2D eigenvalue weighted by atomic mass is 35.5. The molecular formula is C12H9ClF3NS. The third kappa shape index (κ3) is 2.79. The highest BCUT2D eigenvalue weighted by Crippen LogP contribution is 2.28. The van der Waals surface area contributed by atoms with Crippen molar-refractivity contribution in [2.75, 3.05) is 5.32 Å². The van der Waals surface area contributed by atoms with E-state index in [0.29, 0.717) is 10.4 Å². The fourth-order valence-corrected chi connectivity index (χ4v) is 2.48. The van der Waals surface area contributed by atoms with Gasteiger partial charge in [0.1, 0.15) is 5.82 Å². The monoisotopic (exact) mass is 291 g/mol. The first-order valence-electron chi connectivity index (χ1n) is 5.12. The second-order valence-corrected chi connectivity index (χ2v) is 5.34. The molecule has 6 heteroatoms. The van der Waals surface area contributed by atoms with Crippen molar-refractivity contribution in [3.63, 3.8) is 0 Å². The predicted octanol–water partition coefficient (Wildman–Crippen LogP) is 4.99. The van der Waals surface area contributed by atoms with Crippen molar-refractivity contribution in [1.82, 2.24) is 0 Å². The number of nitrogens with one attached hydrogen (secondary N) is 1. The van der Waals surface area contributed by atoms with E-state index in [0.717, 1.165) is 11.6 Å². The average molecular weight is 292 g/mol. The molecule has 1 N–H and O–H groups in total. The van der Waals surface area contributed by atoms with E-state index in [2.05, 4.69) is 5.32 Å². The molecule has 1 unspecified atom stereocenters. The van der Waals surface area contributed by atoms with Crippen molar-refractivity contribution < 1.29 is 13.2 Å². The largest absolute Gasteiger partial charge is 0.376 e. The maximum absolute atomic E-state index is 13.4. The molecule has 0 fully saturated rings. The summed E-state index contributed by atoms with van der Waals surface area (Å²) in [5.74, 6) is -3.12. The second-order valence-electron chi connectivity index (χ2n) is 3.80. The Kier molecular flexibility index (Phi) is 3.82. The second kappa shape index (κ2) is 5.20. The van der Waals surface area contributed by atoms with Crippen LogP contribution in [0.5, 0.6) is 0 Å². The lowest BCUT2D eigenvalue weighted by Crippen LogP contribution is -2.08. The van der Waals surface area contributed by atoms with Crippen LogP contribution in [0.2, 0.25) is 4.34 Å². The Bertz CT molecular complexity index is 570. The summed E-state index contributed by atoms with van der Waals surface area (Å²) in [5.41, 5.74) is 0.776. The molecule has 0 aliphatic rings. The zero-order valence-corrected chi connectivity index (χ0v) is 10.9. The van der Waals surface area contributed by atoms with Gasteiger partial charge in [0.15, 0.2) is 11.6 Å². The molecule has 18 heavy (non-hydrogen) atoms. The maximum atomic E-state index is 13.4. The van der Waals surface area contributed by atoms with Gasteiger partial charge in [0.05, 0.1) is 10.0 Å². The average Bonchev–Trinajstić information content (AvgIpc) is 2.73. The van der Waals surface area contributed by atoms with Crippen LogP contribution in [0.25, 0.3) is 0 Å². The van der Waals surface area contributed by atoms with Crippen LogP contribution in [0.1, 0.15) is 18.5 Å². The van der Waals surface area contributed by atoms with Crippen molar-refractivity contribution in [3.05, 3.63) is 50.9 Å². The highest BCUT2D eigenvalue weighted by molar-refractivity contribution is 7.14. The van der Waals surface area contributed by atoms with Gasteiger partial charge in [0.25, 0.3) is 0 Å². The summed E-state index contributed by atoms with van der Waals surface area (Å²) < 4.78 is 39.8. The van der Waals surface area contributed by atoms with E-state index in [4.69, 9.17) is 11.6 Å². The summed E-state index contributed by atoms with van der Waals surface area (Å²) in [5, 5.41) is 4.59. The van der Waals surface area contributed by atoms with Gasteiger partial charge in [-0.25, -0.2) is 13.2 Å². The molecule has 1 aromatic carbocycles. The molecule has 1 heterocycles. The molecule has 2 aromatic rings. The zero-order valence-electron chi connectivity index (χ0n) is 9.31. The molecule has 0 saturated heterocycles. The molecule has 0 spiro atoms. The van der Waals surface area contributed by atoms with Crippen molar-refractivity contribution in [1.29, 1.82) is 0 Å². The molecule has 1 aromatic heterocycles. The molecule has 0 amide bonds. The van der Waals surface area contributed by atoms with E-state index in [-0.39, 0.29) is 11.7 Å². The van der Waals surface area contributed by atoms with E-state index in [1.807, 2.05) is 5.38 Å².